The van der Waals surface area contributed by atoms with Crippen molar-refractivity contribution in [2.75, 3.05) is 0 Å². The van der Waals surface area contributed by atoms with Gasteiger partial charge in [-0.2, -0.15) is 0 Å². The van der Waals surface area contributed by atoms with Crippen LogP contribution >= 0.6 is 11.6 Å². The van der Waals surface area contributed by atoms with Crippen molar-refractivity contribution in [3.63, 3.8) is 0 Å². The molecule has 2 rings (SSSR count). The zero-order valence-electron chi connectivity index (χ0n) is 8.60. The standard InChI is InChI=1S/C11H7ClFN3O/c12-11-9(13)7(1-3-16-11)10-8(2-6-17)14-4-5-15-10/h1,3-6H,2H2. The normalized spacial score (nSPS) is 10.2. The molecule has 0 aliphatic rings. The van der Waals surface area contributed by atoms with Gasteiger partial charge in [0, 0.05) is 30.6 Å². The summed E-state index contributed by atoms with van der Waals surface area (Å²) < 4.78 is 13.8. The molecule has 2 aromatic rings. The Morgan fingerprint density at radius 2 is 2.00 bits per heavy atom. The maximum absolute atomic E-state index is 13.8. The predicted molar refractivity (Wildman–Crippen MR) is 60.0 cm³/mol. The Kier molecular flexibility index (Phi) is 3.39. The lowest BCUT2D eigenvalue weighted by Gasteiger charge is -2.06. The quantitative estimate of drug-likeness (QED) is 0.619. The van der Waals surface area contributed by atoms with Crippen LogP contribution in [0.4, 0.5) is 4.39 Å². The van der Waals surface area contributed by atoms with E-state index in [-0.39, 0.29) is 17.1 Å². The molecule has 0 aromatic carbocycles. The monoisotopic (exact) mass is 251 g/mol. The Morgan fingerprint density at radius 3 is 2.76 bits per heavy atom. The lowest BCUT2D eigenvalue weighted by molar-refractivity contribution is -0.107. The molecule has 0 atom stereocenters. The molecule has 0 fully saturated rings. The van der Waals surface area contributed by atoms with Crippen molar-refractivity contribution < 1.29 is 9.18 Å². The third-order valence-corrected chi connectivity index (χ3v) is 2.42. The smallest absolute Gasteiger partial charge is 0.169 e. The van der Waals surface area contributed by atoms with Crippen LogP contribution < -0.4 is 0 Å². The summed E-state index contributed by atoms with van der Waals surface area (Å²) in [4.78, 5) is 22.1. The van der Waals surface area contributed by atoms with Gasteiger partial charge in [0.05, 0.1) is 11.4 Å². The molecule has 0 saturated heterocycles. The Labute approximate surface area is 102 Å². The number of rotatable bonds is 3. The van der Waals surface area contributed by atoms with Crippen LogP contribution in [0.25, 0.3) is 11.3 Å². The minimum Gasteiger partial charge on any atom is -0.303 e. The summed E-state index contributed by atoms with van der Waals surface area (Å²) in [5, 5.41) is -0.231. The van der Waals surface area contributed by atoms with Crippen LogP contribution in [-0.2, 0) is 11.2 Å². The van der Waals surface area contributed by atoms with Crippen molar-refractivity contribution in [2.45, 2.75) is 6.42 Å². The van der Waals surface area contributed by atoms with E-state index in [2.05, 4.69) is 15.0 Å². The fraction of sp³-hybridized carbons (Fsp3) is 0.0909. The van der Waals surface area contributed by atoms with E-state index in [1.807, 2.05) is 0 Å². The summed E-state index contributed by atoms with van der Waals surface area (Å²) in [6, 6.07) is 1.44. The number of nitrogens with zero attached hydrogens (tertiary/aromatic N) is 3. The molecule has 17 heavy (non-hydrogen) atoms. The molecule has 0 unspecified atom stereocenters. The second kappa shape index (κ2) is 4.97. The molecule has 0 aliphatic carbocycles. The minimum atomic E-state index is -0.665. The van der Waals surface area contributed by atoms with Crippen molar-refractivity contribution in [3.05, 3.63) is 41.3 Å². The van der Waals surface area contributed by atoms with E-state index in [1.165, 1.54) is 24.7 Å². The molecule has 86 valence electrons. The molecule has 0 saturated carbocycles. The van der Waals surface area contributed by atoms with Crippen molar-refractivity contribution >= 4 is 17.9 Å². The van der Waals surface area contributed by atoms with Gasteiger partial charge in [-0.15, -0.1) is 0 Å². The summed E-state index contributed by atoms with van der Waals surface area (Å²) >= 11 is 5.59. The maximum atomic E-state index is 13.8. The molecular formula is C11H7ClFN3O. The SMILES string of the molecule is O=CCc1nccnc1-c1ccnc(Cl)c1F. The van der Waals surface area contributed by atoms with Gasteiger partial charge in [0.15, 0.2) is 11.0 Å². The number of carbonyl (C=O) groups is 1. The zero-order chi connectivity index (χ0) is 12.3. The van der Waals surface area contributed by atoms with Crippen LogP contribution in [-0.4, -0.2) is 21.2 Å². The van der Waals surface area contributed by atoms with Gasteiger partial charge in [-0.1, -0.05) is 11.6 Å². The summed E-state index contributed by atoms with van der Waals surface area (Å²) in [7, 11) is 0. The van der Waals surface area contributed by atoms with Crippen molar-refractivity contribution in [1.29, 1.82) is 0 Å². The van der Waals surface area contributed by atoms with Crippen molar-refractivity contribution in [2.24, 2.45) is 0 Å². The maximum Gasteiger partial charge on any atom is 0.169 e. The summed E-state index contributed by atoms with van der Waals surface area (Å²) in [5.41, 5.74) is 0.903. The first-order valence-electron chi connectivity index (χ1n) is 4.78. The first-order valence-corrected chi connectivity index (χ1v) is 5.15. The van der Waals surface area contributed by atoms with E-state index >= 15 is 0 Å². The number of carbonyl (C=O) groups excluding carboxylic acids is 1. The van der Waals surface area contributed by atoms with Crippen LogP contribution in [0.3, 0.4) is 0 Å². The molecule has 6 heteroatoms. The molecule has 0 radical (unpaired) electrons. The average molecular weight is 252 g/mol. The Bertz CT molecular complexity index is 562. The fourth-order valence-electron chi connectivity index (χ4n) is 1.42. The Hall–Kier alpha value is -1.88. The van der Waals surface area contributed by atoms with Gasteiger partial charge >= 0.3 is 0 Å². The molecule has 0 bridgehead atoms. The molecule has 2 aromatic heterocycles. The van der Waals surface area contributed by atoms with E-state index in [9.17, 15) is 9.18 Å². The predicted octanol–water partition coefficient (Wildman–Crippen LogP) is 2.07. The number of aldehydes is 1. The third-order valence-electron chi connectivity index (χ3n) is 2.15. The highest BCUT2D eigenvalue weighted by Crippen LogP contribution is 2.26. The first kappa shape index (κ1) is 11.6. The fourth-order valence-corrected chi connectivity index (χ4v) is 1.58. The van der Waals surface area contributed by atoms with Gasteiger partial charge < -0.3 is 4.79 Å². The summed E-state index contributed by atoms with van der Waals surface area (Å²) in [6.45, 7) is 0. The highest BCUT2D eigenvalue weighted by Gasteiger charge is 2.14. The number of hydrogen-bond donors (Lipinski definition) is 0. The van der Waals surface area contributed by atoms with Gasteiger partial charge in [0.25, 0.3) is 0 Å². The van der Waals surface area contributed by atoms with E-state index in [0.717, 1.165) is 0 Å². The summed E-state index contributed by atoms with van der Waals surface area (Å²) in [5.74, 6) is -0.665. The van der Waals surface area contributed by atoms with Crippen LogP contribution in [0.1, 0.15) is 5.69 Å². The van der Waals surface area contributed by atoms with Crippen LogP contribution in [0, 0.1) is 5.82 Å². The Balaban J connectivity index is 2.60. The lowest BCUT2D eigenvalue weighted by Crippen LogP contribution is -2.00. The van der Waals surface area contributed by atoms with Gasteiger partial charge in [-0.25, -0.2) is 9.37 Å². The minimum absolute atomic E-state index is 0.0720. The van der Waals surface area contributed by atoms with E-state index in [0.29, 0.717) is 17.7 Å². The van der Waals surface area contributed by atoms with Gasteiger partial charge in [-0.3, -0.25) is 9.97 Å². The number of halogens is 2. The van der Waals surface area contributed by atoms with Gasteiger partial charge in [0.1, 0.15) is 6.29 Å². The average Bonchev–Trinajstić information content (AvgIpc) is 2.34. The van der Waals surface area contributed by atoms with Crippen LogP contribution in [0.15, 0.2) is 24.7 Å². The largest absolute Gasteiger partial charge is 0.303 e. The molecule has 2 heterocycles. The second-order valence-corrected chi connectivity index (χ2v) is 3.54. The first-order chi connectivity index (χ1) is 8.24. The topological polar surface area (TPSA) is 55.7 Å². The Morgan fingerprint density at radius 1 is 1.24 bits per heavy atom. The number of hydrogen-bond acceptors (Lipinski definition) is 4. The van der Waals surface area contributed by atoms with E-state index < -0.39 is 5.82 Å². The number of pyridine rings is 1. The zero-order valence-corrected chi connectivity index (χ0v) is 9.36. The molecule has 0 amide bonds. The highest BCUT2D eigenvalue weighted by molar-refractivity contribution is 6.29. The second-order valence-electron chi connectivity index (χ2n) is 3.19. The molecule has 0 aliphatic heterocycles. The molecule has 0 N–H and O–H groups in total. The lowest BCUT2D eigenvalue weighted by atomic mass is 10.1. The van der Waals surface area contributed by atoms with E-state index in [4.69, 9.17) is 11.6 Å². The van der Waals surface area contributed by atoms with Crippen molar-refractivity contribution in [1.82, 2.24) is 15.0 Å². The molecule has 4 nitrogen and oxygen atoms in total. The van der Waals surface area contributed by atoms with E-state index in [1.54, 1.807) is 0 Å². The third kappa shape index (κ3) is 2.29. The number of aromatic nitrogens is 3. The van der Waals surface area contributed by atoms with Gasteiger partial charge in [-0.05, 0) is 6.07 Å². The van der Waals surface area contributed by atoms with Crippen LogP contribution in [0.2, 0.25) is 5.15 Å². The molecule has 0 spiro atoms. The summed E-state index contributed by atoms with van der Waals surface area (Å²) in [6.07, 6.45) is 5.01. The highest BCUT2D eigenvalue weighted by atomic mass is 35.5. The van der Waals surface area contributed by atoms with Gasteiger partial charge in [0.2, 0.25) is 0 Å². The van der Waals surface area contributed by atoms with Crippen LogP contribution in [0.5, 0.6) is 0 Å². The molecular weight excluding hydrogens is 245 g/mol. The van der Waals surface area contributed by atoms with Crippen molar-refractivity contribution in [3.8, 4) is 11.3 Å².